The van der Waals surface area contributed by atoms with Crippen LogP contribution in [0, 0.1) is 23.7 Å². The van der Waals surface area contributed by atoms with E-state index >= 15 is 0 Å². The lowest BCUT2D eigenvalue weighted by molar-refractivity contribution is -0.134. The average Bonchev–Trinajstić information content (AvgIpc) is 2.75. The number of carbonyl (C=O) groups excluding carboxylic acids is 2. The Hall–Kier alpha value is -3.92. The van der Waals surface area contributed by atoms with Crippen LogP contribution in [0.4, 0.5) is 14.5 Å². The molecule has 2 amide bonds. The van der Waals surface area contributed by atoms with E-state index in [9.17, 15) is 18.4 Å². The fourth-order valence-electron chi connectivity index (χ4n) is 2.39. The molecule has 2 rings (SSSR count). The lowest BCUT2D eigenvalue weighted by Gasteiger charge is -2.32. The molecule has 0 saturated carbocycles. The zero-order valence-electron chi connectivity index (χ0n) is 16.4. The molecule has 0 aliphatic rings. The predicted octanol–water partition coefficient (Wildman–Crippen LogP) is 1.26. The Morgan fingerprint density at radius 1 is 1.00 bits per heavy atom. The third-order valence-electron chi connectivity index (χ3n) is 4.27. The quantitative estimate of drug-likeness (QED) is 0.213. The van der Waals surface area contributed by atoms with Gasteiger partial charge in [-0.25, -0.2) is 14.3 Å². The summed E-state index contributed by atoms with van der Waals surface area (Å²) in [7, 11) is 0. The molecule has 160 valence electrons. The zero-order chi connectivity index (χ0) is 23.0. The minimum Gasteiger partial charge on any atom is -0.399 e. The molecule has 0 fully saturated rings. The number of nitrogens with one attached hydrogen (secondary N) is 2. The van der Waals surface area contributed by atoms with Crippen molar-refractivity contribution in [3.8, 4) is 23.7 Å². The van der Waals surface area contributed by atoms with Gasteiger partial charge in [0.1, 0.15) is 11.6 Å². The molecular formula is C22H20F2N4O3. The van der Waals surface area contributed by atoms with E-state index in [1.807, 2.05) is 0 Å². The summed E-state index contributed by atoms with van der Waals surface area (Å²) in [6.45, 7) is 0.891. The number of hydroxylamine groups is 1. The van der Waals surface area contributed by atoms with Crippen molar-refractivity contribution in [1.82, 2.24) is 10.8 Å². The summed E-state index contributed by atoms with van der Waals surface area (Å²) < 4.78 is 26.3. The van der Waals surface area contributed by atoms with Crippen LogP contribution in [0.5, 0.6) is 0 Å². The van der Waals surface area contributed by atoms with Crippen LogP contribution < -0.4 is 22.3 Å². The molecule has 1 unspecified atom stereocenters. The summed E-state index contributed by atoms with van der Waals surface area (Å²) in [5.74, 6) is 8.94. The monoisotopic (exact) mass is 426 g/mol. The number of alkyl halides is 2. The van der Waals surface area contributed by atoms with Crippen LogP contribution in [0.3, 0.4) is 0 Å². The summed E-state index contributed by atoms with van der Waals surface area (Å²) in [4.78, 5) is 24.1. The first-order valence-electron chi connectivity index (χ1n) is 8.94. The van der Waals surface area contributed by atoms with E-state index in [-0.39, 0.29) is 5.56 Å². The normalized spacial score (nSPS) is 13.0. The minimum absolute atomic E-state index is 0.0827. The number of nitrogens with two attached hydrogens (primary N) is 2. The van der Waals surface area contributed by atoms with Gasteiger partial charge in [0.05, 0.1) is 0 Å². The van der Waals surface area contributed by atoms with Gasteiger partial charge in [0.25, 0.3) is 18.2 Å². The molecule has 7 N–H and O–H groups in total. The maximum atomic E-state index is 13.2. The maximum absolute atomic E-state index is 13.2. The average molecular weight is 426 g/mol. The van der Waals surface area contributed by atoms with Crippen molar-refractivity contribution in [2.45, 2.75) is 24.9 Å². The van der Waals surface area contributed by atoms with E-state index in [4.69, 9.17) is 16.7 Å². The van der Waals surface area contributed by atoms with Gasteiger partial charge in [-0.15, -0.1) is 0 Å². The van der Waals surface area contributed by atoms with Crippen molar-refractivity contribution >= 4 is 17.5 Å². The van der Waals surface area contributed by atoms with Gasteiger partial charge in [0.15, 0.2) is 0 Å². The van der Waals surface area contributed by atoms with Crippen molar-refractivity contribution in [1.29, 1.82) is 0 Å². The van der Waals surface area contributed by atoms with Crippen molar-refractivity contribution in [3.63, 3.8) is 0 Å². The van der Waals surface area contributed by atoms with Gasteiger partial charge in [-0.05, 0) is 67.3 Å². The van der Waals surface area contributed by atoms with E-state index in [0.717, 1.165) is 12.5 Å². The molecule has 2 aromatic rings. The predicted molar refractivity (Wildman–Crippen MR) is 111 cm³/mol. The van der Waals surface area contributed by atoms with Crippen LogP contribution in [-0.4, -0.2) is 35.0 Å². The van der Waals surface area contributed by atoms with Crippen LogP contribution in [0.1, 0.15) is 28.4 Å². The second-order valence-corrected chi connectivity index (χ2v) is 6.75. The Bertz CT molecular complexity index is 1060. The SMILES string of the molecule is C[C@@](N)(C(F)F)C(NC(=O)c1ccc(C#CC#Cc2ccc(N)cc2)cc1)C(=O)NO. The molecule has 2 atom stereocenters. The number of hydrogen-bond acceptors (Lipinski definition) is 5. The zero-order valence-corrected chi connectivity index (χ0v) is 16.4. The van der Waals surface area contributed by atoms with Crippen molar-refractivity contribution in [2.75, 3.05) is 5.73 Å². The summed E-state index contributed by atoms with van der Waals surface area (Å²) in [6.07, 6.45) is -3.14. The van der Waals surface area contributed by atoms with E-state index in [1.165, 1.54) is 29.7 Å². The topological polar surface area (TPSA) is 130 Å². The molecule has 9 heteroatoms. The fraction of sp³-hybridized carbons (Fsp3) is 0.182. The number of hydrogen-bond donors (Lipinski definition) is 5. The largest absolute Gasteiger partial charge is 0.399 e. The van der Waals surface area contributed by atoms with E-state index in [0.29, 0.717) is 11.3 Å². The highest BCUT2D eigenvalue weighted by Gasteiger charge is 2.44. The van der Waals surface area contributed by atoms with E-state index in [2.05, 4.69) is 29.0 Å². The van der Waals surface area contributed by atoms with Crippen LogP contribution in [0.15, 0.2) is 48.5 Å². The number of rotatable bonds is 5. The first-order valence-corrected chi connectivity index (χ1v) is 8.94. The minimum atomic E-state index is -3.14. The number of benzene rings is 2. The standard InChI is InChI=1S/C22H20F2N4O3/c1-22(26,21(23)24)18(20(30)28-31)27-19(29)16-10-6-14(7-11-16)4-2-3-5-15-8-12-17(25)13-9-15/h6-13,18,21,31H,25-26H2,1H3,(H,27,29)(H,28,30)/t18?,22-/m0/s1. The molecule has 0 radical (unpaired) electrons. The lowest BCUT2D eigenvalue weighted by Crippen LogP contribution is -2.66. The van der Waals surface area contributed by atoms with Crippen molar-refractivity contribution < 1.29 is 23.6 Å². The Morgan fingerprint density at radius 2 is 1.48 bits per heavy atom. The summed E-state index contributed by atoms with van der Waals surface area (Å²) >= 11 is 0. The van der Waals surface area contributed by atoms with Gasteiger partial charge in [0, 0.05) is 22.4 Å². The first-order chi connectivity index (χ1) is 14.6. The highest BCUT2D eigenvalue weighted by molar-refractivity contribution is 5.98. The molecule has 0 bridgehead atoms. The van der Waals surface area contributed by atoms with Gasteiger partial charge in [-0.2, -0.15) is 0 Å². The van der Waals surface area contributed by atoms with Crippen LogP contribution >= 0.6 is 0 Å². The number of carbonyl (C=O) groups is 2. The van der Waals surface area contributed by atoms with Gasteiger partial charge in [0.2, 0.25) is 0 Å². The highest BCUT2D eigenvalue weighted by atomic mass is 19.3. The lowest BCUT2D eigenvalue weighted by atomic mass is 9.92. The van der Waals surface area contributed by atoms with Crippen LogP contribution in [0.2, 0.25) is 0 Å². The van der Waals surface area contributed by atoms with Gasteiger partial charge >= 0.3 is 0 Å². The number of nitrogen functional groups attached to an aromatic ring is 1. The first kappa shape index (κ1) is 23.4. The maximum Gasteiger partial charge on any atom is 0.268 e. The van der Waals surface area contributed by atoms with Crippen molar-refractivity contribution in [3.05, 3.63) is 65.2 Å². The Kier molecular flexibility index (Phi) is 7.70. The number of anilines is 1. The molecule has 2 aromatic carbocycles. The van der Waals surface area contributed by atoms with Gasteiger partial charge in [-0.1, -0.05) is 11.8 Å². The molecular weight excluding hydrogens is 406 g/mol. The Labute approximate surface area is 177 Å². The van der Waals surface area contributed by atoms with E-state index in [1.54, 1.807) is 24.3 Å². The smallest absolute Gasteiger partial charge is 0.268 e. The molecule has 31 heavy (non-hydrogen) atoms. The van der Waals surface area contributed by atoms with Crippen LogP contribution in [-0.2, 0) is 4.79 Å². The highest BCUT2D eigenvalue weighted by Crippen LogP contribution is 2.18. The summed E-state index contributed by atoms with van der Waals surface area (Å²) in [5, 5.41) is 10.9. The van der Waals surface area contributed by atoms with Crippen LogP contribution in [0.25, 0.3) is 0 Å². The number of amides is 2. The molecule has 7 nitrogen and oxygen atoms in total. The van der Waals surface area contributed by atoms with Gasteiger partial charge in [-0.3, -0.25) is 14.8 Å². The molecule has 0 aliphatic carbocycles. The molecule has 0 aliphatic heterocycles. The fourth-order valence-corrected chi connectivity index (χ4v) is 2.39. The number of halogens is 2. The van der Waals surface area contributed by atoms with E-state index < -0.39 is 29.8 Å². The van der Waals surface area contributed by atoms with Crippen molar-refractivity contribution in [2.24, 2.45) is 5.73 Å². The summed E-state index contributed by atoms with van der Waals surface area (Å²) in [6, 6.07) is 11.0. The second kappa shape index (κ2) is 10.2. The van der Waals surface area contributed by atoms with Gasteiger partial charge < -0.3 is 16.8 Å². The molecule has 0 saturated heterocycles. The molecule has 0 heterocycles. The Balaban J connectivity index is 2.10. The Morgan fingerprint density at radius 3 is 1.94 bits per heavy atom. The molecule has 0 aromatic heterocycles. The second-order valence-electron chi connectivity index (χ2n) is 6.75. The summed E-state index contributed by atoms with van der Waals surface area (Å²) in [5.41, 5.74) is 11.9. The molecule has 0 spiro atoms. The third kappa shape index (κ3) is 6.28. The third-order valence-corrected chi connectivity index (χ3v) is 4.27.